The number of halogens is 2. The minimum Gasteiger partial charge on any atom is -0.469 e. The molecule has 0 unspecified atom stereocenters. The van der Waals surface area contributed by atoms with E-state index in [1.807, 2.05) is 0 Å². The summed E-state index contributed by atoms with van der Waals surface area (Å²) in [7, 11) is 0. The molecule has 9 heteroatoms. The number of aliphatic hydroxyl groups is 1. The number of rotatable bonds is 6. The maximum atomic E-state index is 13.0. The lowest BCUT2D eigenvalue weighted by Crippen LogP contribution is -2.34. The first-order valence-electron chi connectivity index (χ1n) is 7.53. The Morgan fingerprint density at radius 3 is 2.76 bits per heavy atom. The molecule has 1 aliphatic heterocycles. The average Bonchev–Trinajstić information content (AvgIpc) is 3.16. The van der Waals surface area contributed by atoms with Crippen molar-refractivity contribution in [1.82, 2.24) is 5.32 Å². The third-order valence-corrected chi connectivity index (χ3v) is 3.54. The standard InChI is InChI=1S/C16H16F2N2O5/c17-16(18)24-13-4-3-11(7-14(13)25-16)20-15(22)19-8-10(9-21)6-12-2-1-5-23-12/h1-5,7,10,21H,6,8-9H2,(H2,19,20,22)/t10-/m0/s1. The number of carbonyl (C=O) groups is 1. The van der Waals surface area contributed by atoms with E-state index >= 15 is 0 Å². The Morgan fingerprint density at radius 1 is 1.24 bits per heavy atom. The van der Waals surface area contributed by atoms with Gasteiger partial charge in [-0.2, -0.15) is 0 Å². The summed E-state index contributed by atoms with van der Waals surface area (Å²) < 4.78 is 39.7. The molecule has 1 aromatic heterocycles. The van der Waals surface area contributed by atoms with E-state index in [0.717, 1.165) is 0 Å². The van der Waals surface area contributed by atoms with Crippen molar-refractivity contribution >= 4 is 11.7 Å². The van der Waals surface area contributed by atoms with E-state index in [1.54, 1.807) is 12.1 Å². The number of hydrogen-bond donors (Lipinski definition) is 3. The molecule has 0 radical (unpaired) electrons. The van der Waals surface area contributed by atoms with Gasteiger partial charge in [-0.25, -0.2) is 4.79 Å². The number of furan rings is 1. The third kappa shape index (κ3) is 4.38. The van der Waals surface area contributed by atoms with Crippen molar-refractivity contribution in [3.05, 3.63) is 42.4 Å². The number of nitrogens with one attached hydrogen (secondary N) is 2. The summed E-state index contributed by atoms with van der Waals surface area (Å²) in [6.45, 7) is 0.0890. The molecule has 0 saturated carbocycles. The van der Waals surface area contributed by atoms with E-state index in [0.29, 0.717) is 12.2 Å². The maximum absolute atomic E-state index is 13.0. The first-order valence-corrected chi connectivity index (χ1v) is 7.53. The van der Waals surface area contributed by atoms with Crippen LogP contribution in [0.2, 0.25) is 0 Å². The molecule has 2 aromatic rings. The Labute approximate surface area is 141 Å². The highest BCUT2D eigenvalue weighted by atomic mass is 19.3. The number of carbonyl (C=O) groups excluding carboxylic acids is 1. The third-order valence-electron chi connectivity index (χ3n) is 3.54. The molecule has 2 heterocycles. The van der Waals surface area contributed by atoms with Crippen LogP contribution in [-0.4, -0.2) is 30.6 Å². The predicted octanol–water partition coefficient (Wildman–Crippen LogP) is 2.57. The smallest absolute Gasteiger partial charge is 0.469 e. The Balaban J connectivity index is 1.51. The molecule has 1 aliphatic rings. The molecule has 0 saturated heterocycles. The molecule has 0 spiro atoms. The second kappa shape index (κ2) is 6.98. The maximum Gasteiger partial charge on any atom is 0.586 e. The van der Waals surface area contributed by atoms with Gasteiger partial charge in [0.05, 0.1) is 6.26 Å². The number of amides is 2. The normalized spacial score (nSPS) is 15.6. The van der Waals surface area contributed by atoms with Crippen LogP contribution in [0.5, 0.6) is 11.5 Å². The number of alkyl halides is 2. The van der Waals surface area contributed by atoms with Crippen LogP contribution in [0.3, 0.4) is 0 Å². The molecule has 3 N–H and O–H groups in total. The molecule has 134 valence electrons. The predicted molar refractivity (Wildman–Crippen MR) is 82.7 cm³/mol. The Hall–Kier alpha value is -2.81. The van der Waals surface area contributed by atoms with Gasteiger partial charge in [-0.3, -0.25) is 0 Å². The topological polar surface area (TPSA) is 93.0 Å². The van der Waals surface area contributed by atoms with E-state index < -0.39 is 12.3 Å². The number of hydrogen-bond acceptors (Lipinski definition) is 5. The molecular weight excluding hydrogens is 338 g/mol. The fraction of sp³-hybridized carbons (Fsp3) is 0.312. The van der Waals surface area contributed by atoms with Crippen molar-refractivity contribution < 1.29 is 32.6 Å². The Kier molecular flexibility index (Phi) is 4.75. The molecular formula is C16H16F2N2O5. The van der Waals surface area contributed by atoms with Crippen molar-refractivity contribution in [2.45, 2.75) is 12.7 Å². The second-order valence-corrected chi connectivity index (χ2v) is 5.50. The first kappa shape index (κ1) is 17.0. The van der Waals surface area contributed by atoms with Crippen LogP contribution in [0.25, 0.3) is 0 Å². The molecule has 0 aliphatic carbocycles. The fourth-order valence-electron chi connectivity index (χ4n) is 2.35. The fourth-order valence-corrected chi connectivity index (χ4v) is 2.35. The number of fused-ring (bicyclic) bond motifs is 1. The van der Waals surface area contributed by atoms with Crippen molar-refractivity contribution in [3.8, 4) is 11.5 Å². The second-order valence-electron chi connectivity index (χ2n) is 5.50. The average molecular weight is 354 g/mol. The highest BCUT2D eigenvalue weighted by Gasteiger charge is 2.43. The zero-order valence-corrected chi connectivity index (χ0v) is 13.0. The summed E-state index contributed by atoms with van der Waals surface area (Å²) >= 11 is 0. The lowest BCUT2D eigenvalue weighted by atomic mass is 10.1. The molecule has 1 atom stereocenters. The summed E-state index contributed by atoms with van der Waals surface area (Å²) in [6, 6.07) is 6.92. The lowest BCUT2D eigenvalue weighted by molar-refractivity contribution is -0.286. The van der Waals surface area contributed by atoms with Crippen molar-refractivity contribution in [3.63, 3.8) is 0 Å². The molecule has 25 heavy (non-hydrogen) atoms. The van der Waals surface area contributed by atoms with Gasteiger partial charge in [-0.05, 0) is 24.3 Å². The number of benzene rings is 1. The van der Waals surface area contributed by atoms with E-state index in [9.17, 15) is 18.7 Å². The zero-order chi connectivity index (χ0) is 17.9. The minimum atomic E-state index is -3.70. The first-order chi connectivity index (χ1) is 11.9. The number of anilines is 1. The van der Waals surface area contributed by atoms with Crippen molar-refractivity contribution in [2.24, 2.45) is 5.92 Å². The van der Waals surface area contributed by atoms with Gasteiger partial charge in [0, 0.05) is 37.2 Å². The molecule has 1 aromatic carbocycles. The van der Waals surface area contributed by atoms with E-state index in [4.69, 9.17) is 4.42 Å². The van der Waals surface area contributed by atoms with Gasteiger partial charge in [-0.1, -0.05) is 0 Å². The summed E-state index contributed by atoms with van der Waals surface area (Å²) in [5.74, 6) is 0.230. The summed E-state index contributed by atoms with van der Waals surface area (Å²) in [6.07, 6.45) is -1.70. The summed E-state index contributed by atoms with van der Waals surface area (Å²) in [5.41, 5.74) is 0.268. The monoisotopic (exact) mass is 354 g/mol. The molecule has 3 rings (SSSR count). The van der Waals surface area contributed by atoms with Gasteiger partial charge in [0.25, 0.3) is 0 Å². The molecule has 0 fully saturated rings. The van der Waals surface area contributed by atoms with Gasteiger partial charge < -0.3 is 29.6 Å². The van der Waals surface area contributed by atoms with Gasteiger partial charge in [0.15, 0.2) is 11.5 Å². The van der Waals surface area contributed by atoms with Gasteiger partial charge in [0.2, 0.25) is 0 Å². The van der Waals surface area contributed by atoms with E-state index in [1.165, 1.54) is 24.5 Å². The Bertz CT molecular complexity index is 736. The van der Waals surface area contributed by atoms with Crippen LogP contribution in [0.15, 0.2) is 41.0 Å². The summed E-state index contributed by atoms with van der Waals surface area (Å²) in [5, 5.41) is 14.5. The molecule has 0 bridgehead atoms. The van der Waals surface area contributed by atoms with Crippen LogP contribution in [-0.2, 0) is 6.42 Å². The lowest BCUT2D eigenvalue weighted by Gasteiger charge is -2.14. The van der Waals surface area contributed by atoms with Crippen LogP contribution in [0, 0.1) is 5.92 Å². The SMILES string of the molecule is O=C(NC[C@@H](CO)Cc1ccco1)Nc1ccc2c(c1)OC(F)(F)O2. The largest absolute Gasteiger partial charge is 0.586 e. The van der Waals surface area contributed by atoms with Gasteiger partial charge in [0.1, 0.15) is 5.76 Å². The summed E-state index contributed by atoms with van der Waals surface area (Å²) in [4.78, 5) is 11.9. The number of ether oxygens (including phenoxy) is 2. The molecule has 2 amide bonds. The van der Waals surface area contributed by atoms with Crippen molar-refractivity contribution in [1.29, 1.82) is 0 Å². The van der Waals surface area contributed by atoms with Gasteiger partial charge >= 0.3 is 12.3 Å². The van der Waals surface area contributed by atoms with E-state index in [-0.39, 0.29) is 36.3 Å². The van der Waals surface area contributed by atoms with Crippen LogP contribution < -0.4 is 20.1 Å². The highest BCUT2D eigenvalue weighted by Crippen LogP contribution is 2.42. The number of aliphatic hydroxyl groups excluding tert-OH is 1. The zero-order valence-electron chi connectivity index (χ0n) is 13.0. The Morgan fingerprint density at radius 2 is 2.04 bits per heavy atom. The minimum absolute atomic E-state index is 0.102. The van der Waals surface area contributed by atoms with Gasteiger partial charge in [-0.15, -0.1) is 8.78 Å². The van der Waals surface area contributed by atoms with E-state index in [2.05, 4.69) is 20.1 Å². The van der Waals surface area contributed by atoms with Crippen molar-refractivity contribution in [2.75, 3.05) is 18.5 Å². The van der Waals surface area contributed by atoms with Crippen LogP contribution in [0.1, 0.15) is 5.76 Å². The van der Waals surface area contributed by atoms with Crippen LogP contribution >= 0.6 is 0 Å². The number of urea groups is 1. The molecule has 7 nitrogen and oxygen atoms in total. The quantitative estimate of drug-likeness (QED) is 0.741. The highest BCUT2D eigenvalue weighted by molar-refractivity contribution is 5.89. The van der Waals surface area contributed by atoms with Crippen LogP contribution in [0.4, 0.5) is 19.3 Å².